The third-order valence-corrected chi connectivity index (χ3v) is 2.01. The van der Waals surface area contributed by atoms with Crippen molar-refractivity contribution >= 4 is 11.6 Å². The summed E-state index contributed by atoms with van der Waals surface area (Å²) in [6, 6.07) is 0. The summed E-state index contributed by atoms with van der Waals surface area (Å²) < 4.78 is 24.0. The van der Waals surface area contributed by atoms with Crippen LogP contribution < -0.4 is 5.43 Å². The predicted molar refractivity (Wildman–Crippen MR) is 44.6 cm³/mol. The van der Waals surface area contributed by atoms with Crippen LogP contribution in [0.25, 0.3) is 0 Å². The van der Waals surface area contributed by atoms with E-state index in [1.165, 1.54) is 0 Å². The van der Waals surface area contributed by atoms with Crippen molar-refractivity contribution in [1.82, 2.24) is 5.43 Å². The Balaban J connectivity index is 2.23. The van der Waals surface area contributed by atoms with Crippen molar-refractivity contribution in [2.75, 3.05) is 0 Å². The van der Waals surface area contributed by atoms with Gasteiger partial charge in [0.25, 0.3) is 0 Å². The Kier molecular flexibility index (Phi) is 3.33. The molecule has 5 heteroatoms. The van der Waals surface area contributed by atoms with Crippen LogP contribution in [0.4, 0.5) is 8.78 Å². The van der Waals surface area contributed by atoms with Gasteiger partial charge in [-0.25, -0.2) is 14.2 Å². The van der Waals surface area contributed by atoms with Crippen LogP contribution in [0.2, 0.25) is 0 Å². The maximum atomic E-state index is 12.0. The van der Waals surface area contributed by atoms with Gasteiger partial charge in [-0.15, -0.1) is 0 Å². The molecule has 0 aromatic rings. The van der Waals surface area contributed by atoms with Crippen molar-refractivity contribution in [3.63, 3.8) is 0 Å². The van der Waals surface area contributed by atoms with E-state index in [0.29, 0.717) is 25.0 Å². The molecule has 74 valence electrons. The SMILES string of the molecule is CCC(=O)NN=C1CC(C(F)F)C1. The molecule has 0 aromatic carbocycles. The van der Waals surface area contributed by atoms with Crippen LogP contribution in [0.3, 0.4) is 0 Å². The number of hydrazone groups is 1. The Labute approximate surface area is 75.2 Å². The number of carbonyl (C=O) groups is 1. The Hall–Kier alpha value is -1.00. The highest BCUT2D eigenvalue weighted by Crippen LogP contribution is 2.29. The van der Waals surface area contributed by atoms with E-state index < -0.39 is 12.3 Å². The number of rotatable bonds is 3. The number of carbonyl (C=O) groups excluding carboxylic acids is 1. The molecule has 0 heterocycles. The molecule has 1 aliphatic carbocycles. The van der Waals surface area contributed by atoms with E-state index in [2.05, 4.69) is 10.5 Å². The third-order valence-electron chi connectivity index (χ3n) is 2.01. The molecule has 0 saturated heterocycles. The summed E-state index contributed by atoms with van der Waals surface area (Å²) in [6.07, 6.45) is -1.29. The first-order valence-electron chi connectivity index (χ1n) is 4.26. The Bertz CT molecular complexity index is 220. The average Bonchev–Trinajstić information content (AvgIpc) is 2.00. The molecule has 0 radical (unpaired) electrons. The summed E-state index contributed by atoms with van der Waals surface area (Å²) in [7, 11) is 0. The lowest BCUT2D eigenvalue weighted by molar-refractivity contribution is -0.120. The van der Waals surface area contributed by atoms with Crippen LogP contribution in [0.1, 0.15) is 26.2 Å². The van der Waals surface area contributed by atoms with Gasteiger partial charge >= 0.3 is 0 Å². The van der Waals surface area contributed by atoms with E-state index in [4.69, 9.17) is 0 Å². The summed E-state index contributed by atoms with van der Waals surface area (Å²) in [5, 5.41) is 3.72. The predicted octanol–water partition coefficient (Wildman–Crippen LogP) is 1.54. The smallest absolute Gasteiger partial charge is 0.242 e. The van der Waals surface area contributed by atoms with Crippen LogP contribution in [0.5, 0.6) is 0 Å². The van der Waals surface area contributed by atoms with E-state index in [9.17, 15) is 13.6 Å². The zero-order valence-electron chi connectivity index (χ0n) is 7.39. The second kappa shape index (κ2) is 4.30. The fourth-order valence-electron chi connectivity index (χ4n) is 1.04. The number of nitrogens with one attached hydrogen (secondary N) is 1. The number of nitrogens with zero attached hydrogens (tertiary/aromatic N) is 1. The molecule has 0 bridgehead atoms. The number of alkyl halides is 2. The lowest BCUT2D eigenvalue weighted by Crippen LogP contribution is -2.32. The highest BCUT2D eigenvalue weighted by Gasteiger charge is 2.32. The molecule has 1 aliphatic rings. The first kappa shape index (κ1) is 10.1. The largest absolute Gasteiger partial charge is 0.273 e. The monoisotopic (exact) mass is 190 g/mol. The number of halogens is 2. The fourth-order valence-corrected chi connectivity index (χ4v) is 1.04. The summed E-state index contributed by atoms with van der Waals surface area (Å²) >= 11 is 0. The molecule has 1 amide bonds. The van der Waals surface area contributed by atoms with E-state index in [1.807, 2.05) is 0 Å². The van der Waals surface area contributed by atoms with Gasteiger partial charge in [-0.1, -0.05) is 6.92 Å². The molecule has 0 aliphatic heterocycles. The lowest BCUT2D eigenvalue weighted by Gasteiger charge is -2.26. The van der Waals surface area contributed by atoms with E-state index in [1.54, 1.807) is 6.92 Å². The van der Waals surface area contributed by atoms with Crippen LogP contribution >= 0.6 is 0 Å². The van der Waals surface area contributed by atoms with Gasteiger partial charge in [0.05, 0.1) is 0 Å². The topological polar surface area (TPSA) is 41.5 Å². The van der Waals surface area contributed by atoms with Crippen molar-refractivity contribution in [2.45, 2.75) is 32.6 Å². The normalized spacial score (nSPS) is 21.2. The summed E-state index contributed by atoms with van der Waals surface area (Å²) in [5.41, 5.74) is 2.96. The van der Waals surface area contributed by atoms with Crippen LogP contribution in [-0.2, 0) is 4.79 Å². The van der Waals surface area contributed by atoms with Crippen molar-refractivity contribution < 1.29 is 13.6 Å². The minimum absolute atomic E-state index is 0.187. The van der Waals surface area contributed by atoms with Gasteiger partial charge in [0, 0.05) is 18.1 Å². The summed E-state index contributed by atoms with van der Waals surface area (Å²) in [5.74, 6) is -0.745. The maximum Gasteiger partial charge on any atom is 0.242 e. The molecule has 0 atom stereocenters. The van der Waals surface area contributed by atoms with Gasteiger partial charge in [0.15, 0.2) is 0 Å². The molecule has 0 spiro atoms. The summed E-state index contributed by atoms with van der Waals surface area (Å²) in [4.78, 5) is 10.7. The number of amides is 1. The van der Waals surface area contributed by atoms with Crippen molar-refractivity contribution in [3.05, 3.63) is 0 Å². The molecule has 3 nitrogen and oxygen atoms in total. The minimum atomic E-state index is -2.26. The van der Waals surface area contributed by atoms with Crippen molar-refractivity contribution in [1.29, 1.82) is 0 Å². The number of hydrogen-bond acceptors (Lipinski definition) is 2. The molecule has 1 rings (SSSR count). The first-order valence-corrected chi connectivity index (χ1v) is 4.26. The highest BCUT2D eigenvalue weighted by molar-refractivity contribution is 5.91. The van der Waals surface area contributed by atoms with Gasteiger partial charge in [0.1, 0.15) is 0 Å². The van der Waals surface area contributed by atoms with Gasteiger partial charge in [-0.2, -0.15) is 5.10 Å². The molecule has 1 N–H and O–H groups in total. The van der Waals surface area contributed by atoms with Crippen LogP contribution in [0.15, 0.2) is 5.10 Å². The van der Waals surface area contributed by atoms with Crippen LogP contribution in [-0.4, -0.2) is 18.0 Å². The summed E-state index contributed by atoms with van der Waals surface area (Å²) in [6.45, 7) is 1.71. The lowest BCUT2D eigenvalue weighted by atomic mass is 9.84. The van der Waals surface area contributed by atoms with Gasteiger partial charge in [0.2, 0.25) is 12.3 Å². The standard InChI is InChI=1S/C8H12F2N2O/c1-2-7(13)12-11-6-3-5(4-6)8(9)10/h5,8H,2-4H2,1H3,(H,12,13). The zero-order chi connectivity index (χ0) is 9.84. The molecule has 1 saturated carbocycles. The van der Waals surface area contributed by atoms with Gasteiger partial charge in [-0.05, 0) is 12.8 Å². The second-order valence-electron chi connectivity index (χ2n) is 3.07. The molecule has 1 fully saturated rings. The Morgan fingerprint density at radius 2 is 2.31 bits per heavy atom. The zero-order valence-corrected chi connectivity index (χ0v) is 7.39. The molecular weight excluding hydrogens is 178 g/mol. The fraction of sp³-hybridized carbons (Fsp3) is 0.750. The Morgan fingerprint density at radius 1 is 1.69 bits per heavy atom. The van der Waals surface area contributed by atoms with E-state index >= 15 is 0 Å². The molecular formula is C8H12F2N2O. The quantitative estimate of drug-likeness (QED) is 0.674. The third kappa shape index (κ3) is 2.75. The molecule has 13 heavy (non-hydrogen) atoms. The first-order chi connectivity index (χ1) is 6.13. The molecule has 0 aromatic heterocycles. The minimum Gasteiger partial charge on any atom is -0.273 e. The van der Waals surface area contributed by atoms with Crippen molar-refractivity contribution in [2.24, 2.45) is 11.0 Å². The van der Waals surface area contributed by atoms with Gasteiger partial charge < -0.3 is 0 Å². The van der Waals surface area contributed by atoms with E-state index in [-0.39, 0.29) is 5.91 Å². The molecule has 0 unspecified atom stereocenters. The average molecular weight is 190 g/mol. The van der Waals surface area contributed by atoms with Crippen molar-refractivity contribution in [3.8, 4) is 0 Å². The number of hydrogen-bond donors (Lipinski definition) is 1. The van der Waals surface area contributed by atoms with E-state index in [0.717, 1.165) is 0 Å². The van der Waals surface area contributed by atoms with Crippen LogP contribution in [0, 0.1) is 5.92 Å². The highest BCUT2D eigenvalue weighted by atomic mass is 19.3. The second-order valence-corrected chi connectivity index (χ2v) is 3.07. The maximum absolute atomic E-state index is 12.0. The van der Waals surface area contributed by atoms with Gasteiger partial charge in [-0.3, -0.25) is 4.79 Å². The Morgan fingerprint density at radius 3 is 2.77 bits per heavy atom.